The Bertz CT molecular complexity index is 412. The summed E-state index contributed by atoms with van der Waals surface area (Å²) in [6.07, 6.45) is 0. The van der Waals surface area contributed by atoms with Gasteiger partial charge in [0.1, 0.15) is 5.82 Å². The molecule has 15 heavy (non-hydrogen) atoms. The molecule has 1 aromatic carbocycles. The van der Waals surface area contributed by atoms with Gasteiger partial charge in [-0.05, 0) is 17.0 Å². The van der Waals surface area contributed by atoms with Crippen LogP contribution >= 0.6 is 0 Å². The van der Waals surface area contributed by atoms with Crippen LogP contribution < -0.4 is 0 Å². The fourth-order valence-corrected chi connectivity index (χ4v) is 2.41. The predicted octanol–water partition coefficient (Wildman–Crippen LogP) is 2.65. The summed E-state index contributed by atoms with van der Waals surface area (Å²) in [5.74, 6) is -1.81. The second-order valence-electron chi connectivity index (χ2n) is 4.64. The molecule has 3 heteroatoms. The lowest BCUT2D eigenvalue weighted by atomic mass is 10.0. The summed E-state index contributed by atoms with van der Waals surface area (Å²) < 4.78 is 13.5. The molecule has 0 saturated heterocycles. The van der Waals surface area contributed by atoms with Gasteiger partial charge in [-0.25, -0.2) is 4.39 Å². The molecule has 0 amide bonds. The molecule has 1 fully saturated rings. The van der Waals surface area contributed by atoms with Crippen molar-refractivity contribution in [1.29, 1.82) is 0 Å². The molecule has 0 heterocycles. The van der Waals surface area contributed by atoms with E-state index in [4.69, 9.17) is 5.11 Å². The van der Waals surface area contributed by atoms with Crippen LogP contribution in [-0.2, 0) is 4.79 Å². The van der Waals surface area contributed by atoms with Crippen LogP contribution in [-0.4, -0.2) is 11.1 Å². The van der Waals surface area contributed by atoms with E-state index in [0.29, 0.717) is 5.56 Å². The molecule has 2 nitrogen and oxygen atoms in total. The largest absolute Gasteiger partial charge is 0.481 e. The maximum absolute atomic E-state index is 13.5. The molecule has 1 aliphatic rings. The van der Waals surface area contributed by atoms with Gasteiger partial charge in [0.2, 0.25) is 0 Å². The zero-order valence-electron chi connectivity index (χ0n) is 8.70. The van der Waals surface area contributed by atoms with Crippen molar-refractivity contribution in [1.82, 2.24) is 0 Å². The highest BCUT2D eigenvalue weighted by molar-refractivity contribution is 5.77. The number of rotatable bonds is 2. The minimum absolute atomic E-state index is 0.198. The van der Waals surface area contributed by atoms with E-state index in [9.17, 15) is 9.18 Å². The minimum Gasteiger partial charge on any atom is -0.481 e. The Hall–Kier alpha value is -1.38. The predicted molar refractivity (Wildman–Crippen MR) is 54.0 cm³/mol. The smallest absolute Gasteiger partial charge is 0.307 e. The van der Waals surface area contributed by atoms with Gasteiger partial charge in [-0.2, -0.15) is 0 Å². The molecule has 0 spiro atoms. The Labute approximate surface area is 87.7 Å². The zero-order chi connectivity index (χ0) is 11.2. The number of carbonyl (C=O) groups is 1. The number of hydrogen-bond donors (Lipinski definition) is 1. The molecule has 1 N–H and O–H groups in total. The molecular formula is C12H13FO2. The average molecular weight is 208 g/mol. The summed E-state index contributed by atoms with van der Waals surface area (Å²) in [5, 5.41) is 8.99. The standard InChI is InChI=1S/C12H13FO2/c1-12(2)9(10(12)11(14)15)7-5-3-4-6-8(7)13/h3-6,9-10H,1-2H3,(H,14,15)/t9-,10+/m1/s1. The van der Waals surface area contributed by atoms with Crippen LogP contribution in [0.15, 0.2) is 24.3 Å². The molecule has 1 aliphatic carbocycles. The molecule has 1 saturated carbocycles. The Balaban J connectivity index is 2.36. The van der Waals surface area contributed by atoms with Crippen molar-refractivity contribution in [3.63, 3.8) is 0 Å². The molecule has 0 aliphatic heterocycles. The summed E-state index contributed by atoms with van der Waals surface area (Å²) in [5.41, 5.74) is 0.184. The van der Waals surface area contributed by atoms with Gasteiger partial charge in [-0.3, -0.25) is 4.79 Å². The van der Waals surface area contributed by atoms with E-state index >= 15 is 0 Å². The van der Waals surface area contributed by atoms with E-state index in [1.807, 2.05) is 13.8 Å². The Kier molecular flexibility index (Phi) is 2.07. The highest BCUT2D eigenvalue weighted by atomic mass is 19.1. The quantitative estimate of drug-likeness (QED) is 0.811. The zero-order valence-corrected chi connectivity index (χ0v) is 8.70. The summed E-state index contributed by atoms with van der Waals surface area (Å²) in [6, 6.07) is 6.41. The normalized spacial score (nSPS) is 27.4. The molecule has 2 atom stereocenters. The van der Waals surface area contributed by atoms with Crippen molar-refractivity contribution in [3.05, 3.63) is 35.6 Å². The van der Waals surface area contributed by atoms with Crippen LogP contribution in [0.25, 0.3) is 0 Å². The SMILES string of the molecule is CC1(C)[C@H](C(=O)O)[C@H]1c1ccccc1F. The van der Waals surface area contributed by atoms with Gasteiger partial charge < -0.3 is 5.11 Å². The second kappa shape index (κ2) is 3.05. The van der Waals surface area contributed by atoms with Crippen molar-refractivity contribution >= 4 is 5.97 Å². The summed E-state index contributed by atoms with van der Waals surface area (Å²) >= 11 is 0. The van der Waals surface area contributed by atoms with Crippen LogP contribution in [0.4, 0.5) is 4.39 Å². The number of halogens is 1. The number of carboxylic acid groups (broad SMARTS) is 1. The maximum Gasteiger partial charge on any atom is 0.307 e. The van der Waals surface area contributed by atoms with Gasteiger partial charge in [0.05, 0.1) is 5.92 Å². The molecular weight excluding hydrogens is 195 g/mol. The third-order valence-corrected chi connectivity index (χ3v) is 3.33. The van der Waals surface area contributed by atoms with Crippen molar-refractivity contribution in [2.45, 2.75) is 19.8 Å². The lowest BCUT2D eigenvalue weighted by molar-refractivity contribution is -0.139. The van der Waals surface area contributed by atoms with E-state index in [1.54, 1.807) is 18.2 Å². The molecule has 1 aromatic rings. The number of benzene rings is 1. The Morgan fingerprint density at radius 2 is 2.00 bits per heavy atom. The van der Waals surface area contributed by atoms with Crippen LogP contribution in [0.3, 0.4) is 0 Å². The third kappa shape index (κ3) is 1.42. The fourth-order valence-electron chi connectivity index (χ4n) is 2.41. The fraction of sp³-hybridized carbons (Fsp3) is 0.417. The van der Waals surface area contributed by atoms with E-state index in [2.05, 4.69) is 0 Å². The summed E-state index contributed by atoms with van der Waals surface area (Å²) in [6.45, 7) is 3.73. The monoisotopic (exact) mass is 208 g/mol. The van der Waals surface area contributed by atoms with Crippen LogP contribution in [0.2, 0.25) is 0 Å². The van der Waals surface area contributed by atoms with Crippen molar-refractivity contribution in [3.8, 4) is 0 Å². The molecule has 0 aromatic heterocycles. The van der Waals surface area contributed by atoms with Gasteiger partial charge in [-0.15, -0.1) is 0 Å². The summed E-state index contributed by atoms with van der Waals surface area (Å²) in [4.78, 5) is 10.9. The first-order valence-corrected chi connectivity index (χ1v) is 4.93. The molecule has 0 unspecified atom stereocenters. The van der Waals surface area contributed by atoms with Crippen LogP contribution in [0, 0.1) is 17.2 Å². The first-order valence-electron chi connectivity index (χ1n) is 4.93. The molecule has 0 radical (unpaired) electrons. The lowest BCUT2D eigenvalue weighted by Crippen LogP contribution is -2.03. The number of hydrogen-bond acceptors (Lipinski definition) is 1. The Morgan fingerprint density at radius 3 is 2.47 bits per heavy atom. The molecule has 2 rings (SSSR count). The van der Waals surface area contributed by atoms with E-state index in [-0.39, 0.29) is 17.2 Å². The first kappa shape index (κ1) is 10.1. The van der Waals surface area contributed by atoms with Gasteiger partial charge in [0.15, 0.2) is 0 Å². The van der Waals surface area contributed by atoms with Gasteiger partial charge in [0, 0.05) is 5.92 Å². The molecule has 0 bridgehead atoms. The second-order valence-corrected chi connectivity index (χ2v) is 4.64. The highest BCUT2D eigenvalue weighted by Crippen LogP contribution is 2.64. The van der Waals surface area contributed by atoms with Crippen LogP contribution in [0.5, 0.6) is 0 Å². The Morgan fingerprint density at radius 1 is 1.40 bits per heavy atom. The third-order valence-electron chi connectivity index (χ3n) is 3.33. The lowest BCUT2D eigenvalue weighted by Gasteiger charge is -2.03. The summed E-state index contributed by atoms with van der Waals surface area (Å²) in [7, 11) is 0. The van der Waals surface area contributed by atoms with Gasteiger partial charge in [-0.1, -0.05) is 32.0 Å². The molecule has 80 valence electrons. The first-order chi connectivity index (χ1) is 6.96. The number of carboxylic acids is 1. The van der Waals surface area contributed by atoms with E-state index in [1.165, 1.54) is 6.07 Å². The highest BCUT2D eigenvalue weighted by Gasteiger charge is 2.63. The maximum atomic E-state index is 13.5. The average Bonchev–Trinajstić information content (AvgIpc) is 2.70. The van der Waals surface area contributed by atoms with Crippen molar-refractivity contribution in [2.24, 2.45) is 11.3 Å². The van der Waals surface area contributed by atoms with E-state index in [0.717, 1.165) is 0 Å². The van der Waals surface area contributed by atoms with Gasteiger partial charge in [0.25, 0.3) is 0 Å². The van der Waals surface area contributed by atoms with E-state index < -0.39 is 11.9 Å². The topological polar surface area (TPSA) is 37.3 Å². The number of aliphatic carboxylic acids is 1. The van der Waals surface area contributed by atoms with Crippen LogP contribution in [0.1, 0.15) is 25.3 Å². The van der Waals surface area contributed by atoms with Crippen molar-refractivity contribution in [2.75, 3.05) is 0 Å². The van der Waals surface area contributed by atoms with Gasteiger partial charge >= 0.3 is 5.97 Å². The minimum atomic E-state index is -0.840. The van der Waals surface area contributed by atoms with Crippen molar-refractivity contribution < 1.29 is 14.3 Å².